The van der Waals surface area contributed by atoms with E-state index in [4.69, 9.17) is 4.74 Å². The van der Waals surface area contributed by atoms with Crippen molar-refractivity contribution in [3.05, 3.63) is 75.7 Å². The molecule has 0 unspecified atom stereocenters. The number of carbonyl (C=O) groups is 2. The Morgan fingerprint density at radius 1 is 1.03 bits per heavy atom. The molecule has 4 nitrogen and oxygen atoms in total. The van der Waals surface area contributed by atoms with Crippen LogP contribution in [0, 0.1) is 13.8 Å². The second-order valence-corrected chi connectivity index (χ2v) is 8.48. The predicted octanol–water partition coefficient (Wildman–Crippen LogP) is 6.58. The topological polar surface area (TPSA) is 55.4 Å². The Kier molecular flexibility index (Phi) is 6.73. The number of aryl methyl sites for hydroxylation is 2. The molecule has 1 heterocycles. The molecule has 0 bridgehead atoms. The van der Waals surface area contributed by atoms with E-state index in [1.165, 1.54) is 16.9 Å². The fraction of sp³-hybridized carbons (Fsp3) is 0.280. The fourth-order valence-electron chi connectivity index (χ4n) is 3.17. The summed E-state index contributed by atoms with van der Waals surface area (Å²) in [5.74, 6) is -0.247. The lowest BCUT2D eigenvalue weighted by atomic mass is 9.98. The molecule has 1 N–H and O–H groups in total. The average Bonchev–Trinajstić information content (AvgIpc) is 3.13. The molecule has 0 fully saturated rings. The molecule has 3 aromatic rings. The first-order valence-electron chi connectivity index (χ1n) is 10.1. The molecule has 1 amide bonds. The summed E-state index contributed by atoms with van der Waals surface area (Å²) in [7, 11) is 0. The lowest BCUT2D eigenvalue weighted by molar-refractivity contribution is 0.0529. The van der Waals surface area contributed by atoms with E-state index in [-0.39, 0.29) is 12.5 Å². The van der Waals surface area contributed by atoms with Gasteiger partial charge in [0.25, 0.3) is 5.91 Å². The van der Waals surface area contributed by atoms with Crippen LogP contribution in [0.2, 0.25) is 0 Å². The molecular formula is C25H27NO3S. The number of anilines is 1. The summed E-state index contributed by atoms with van der Waals surface area (Å²) >= 11 is 1.33. The van der Waals surface area contributed by atoms with Gasteiger partial charge in [-0.05, 0) is 61.1 Å². The zero-order valence-electron chi connectivity index (χ0n) is 18.0. The lowest BCUT2D eigenvalue weighted by Crippen LogP contribution is -2.15. The highest BCUT2D eigenvalue weighted by Gasteiger charge is 2.23. The van der Waals surface area contributed by atoms with Crippen molar-refractivity contribution in [3.63, 3.8) is 0 Å². The molecule has 0 aliphatic rings. The van der Waals surface area contributed by atoms with Crippen LogP contribution in [0.25, 0.3) is 11.1 Å². The van der Waals surface area contributed by atoms with Crippen LogP contribution in [0.3, 0.4) is 0 Å². The number of hydrogen-bond donors (Lipinski definition) is 1. The molecule has 0 spiro atoms. The maximum Gasteiger partial charge on any atom is 0.341 e. The number of hydrogen-bond acceptors (Lipinski definition) is 4. The predicted molar refractivity (Wildman–Crippen MR) is 124 cm³/mol. The van der Waals surface area contributed by atoms with Crippen LogP contribution in [0.1, 0.15) is 64.1 Å². The first-order valence-corrected chi connectivity index (χ1v) is 11.0. The van der Waals surface area contributed by atoms with Crippen LogP contribution in [-0.2, 0) is 4.74 Å². The van der Waals surface area contributed by atoms with Crippen LogP contribution < -0.4 is 5.32 Å². The van der Waals surface area contributed by atoms with Crippen LogP contribution in [0.4, 0.5) is 5.00 Å². The summed E-state index contributed by atoms with van der Waals surface area (Å²) in [6, 6.07) is 13.7. The van der Waals surface area contributed by atoms with Crippen molar-refractivity contribution < 1.29 is 14.3 Å². The molecule has 0 radical (unpaired) electrons. The quantitative estimate of drug-likeness (QED) is 0.457. The van der Waals surface area contributed by atoms with Crippen LogP contribution >= 0.6 is 11.3 Å². The van der Waals surface area contributed by atoms with Crippen molar-refractivity contribution in [2.24, 2.45) is 0 Å². The Hall–Kier alpha value is -2.92. The highest BCUT2D eigenvalue weighted by molar-refractivity contribution is 7.15. The number of thiophene rings is 1. The van der Waals surface area contributed by atoms with Crippen LogP contribution in [0.5, 0.6) is 0 Å². The van der Waals surface area contributed by atoms with E-state index in [2.05, 4.69) is 31.3 Å². The van der Waals surface area contributed by atoms with E-state index in [0.717, 1.165) is 22.3 Å². The van der Waals surface area contributed by atoms with Crippen molar-refractivity contribution in [2.45, 2.75) is 40.5 Å². The maximum atomic E-state index is 12.8. The van der Waals surface area contributed by atoms with E-state index >= 15 is 0 Å². The number of benzene rings is 2. The number of amides is 1. The SMILES string of the molecule is CCOC(=O)c1c(-c2ccc(C(C)C)cc2)csc1NC(=O)c1ccc(C)c(C)c1. The lowest BCUT2D eigenvalue weighted by Gasteiger charge is -2.10. The minimum absolute atomic E-state index is 0.243. The third-order valence-corrected chi connectivity index (χ3v) is 6.05. The Bertz CT molecular complexity index is 1060. The number of carbonyl (C=O) groups excluding carboxylic acids is 2. The molecule has 0 saturated carbocycles. The smallest absolute Gasteiger partial charge is 0.341 e. The van der Waals surface area contributed by atoms with Crippen LogP contribution in [-0.4, -0.2) is 18.5 Å². The monoisotopic (exact) mass is 421 g/mol. The Morgan fingerprint density at radius 2 is 1.73 bits per heavy atom. The Balaban J connectivity index is 1.97. The van der Waals surface area contributed by atoms with Crippen molar-refractivity contribution >= 4 is 28.2 Å². The number of esters is 1. The normalized spacial score (nSPS) is 10.9. The van der Waals surface area contributed by atoms with Gasteiger partial charge in [0.05, 0.1) is 6.61 Å². The van der Waals surface area contributed by atoms with Gasteiger partial charge in [0.15, 0.2) is 0 Å². The third kappa shape index (κ3) is 4.62. The third-order valence-electron chi connectivity index (χ3n) is 5.16. The van der Waals surface area contributed by atoms with E-state index in [9.17, 15) is 9.59 Å². The van der Waals surface area contributed by atoms with Gasteiger partial charge < -0.3 is 10.1 Å². The number of rotatable bonds is 6. The largest absolute Gasteiger partial charge is 0.462 e. The zero-order valence-corrected chi connectivity index (χ0v) is 18.9. The fourth-order valence-corrected chi connectivity index (χ4v) is 4.13. The maximum absolute atomic E-state index is 12.8. The standard InChI is InChI=1S/C25H27NO3S/c1-6-29-25(28)22-21(19-11-9-18(10-12-19)15(2)3)14-30-24(22)26-23(27)20-8-7-16(4)17(5)13-20/h7-15H,6H2,1-5H3,(H,26,27). The van der Waals surface area contributed by atoms with Crippen molar-refractivity contribution in [3.8, 4) is 11.1 Å². The summed E-state index contributed by atoms with van der Waals surface area (Å²) in [4.78, 5) is 25.6. The second-order valence-electron chi connectivity index (χ2n) is 7.60. The molecular weight excluding hydrogens is 394 g/mol. The zero-order chi connectivity index (χ0) is 21.8. The van der Waals surface area contributed by atoms with Gasteiger partial charge in [-0.25, -0.2) is 4.79 Å². The molecule has 0 aliphatic carbocycles. The van der Waals surface area contributed by atoms with Crippen molar-refractivity contribution in [1.29, 1.82) is 0 Å². The molecule has 2 aromatic carbocycles. The highest BCUT2D eigenvalue weighted by Crippen LogP contribution is 2.37. The van der Waals surface area contributed by atoms with Crippen molar-refractivity contribution in [2.75, 3.05) is 11.9 Å². The highest BCUT2D eigenvalue weighted by atomic mass is 32.1. The first kappa shape index (κ1) is 21.8. The van der Waals surface area contributed by atoms with Crippen molar-refractivity contribution in [1.82, 2.24) is 0 Å². The van der Waals surface area contributed by atoms with Gasteiger partial charge >= 0.3 is 5.97 Å². The summed E-state index contributed by atoms with van der Waals surface area (Å²) in [6.45, 7) is 10.3. The first-order chi connectivity index (χ1) is 14.3. The molecule has 3 rings (SSSR count). The van der Waals surface area contributed by atoms with Gasteiger partial charge in [0, 0.05) is 16.5 Å². The molecule has 0 saturated heterocycles. The summed E-state index contributed by atoms with van der Waals surface area (Å²) in [5, 5.41) is 5.31. The van der Waals surface area contributed by atoms with E-state index in [1.807, 2.05) is 43.5 Å². The van der Waals surface area contributed by atoms with Gasteiger partial charge in [-0.1, -0.05) is 44.2 Å². The molecule has 5 heteroatoms. The molecule has 1 aromatic heterocycles. The second kappa shape index (κ2) is 9.26. The number of ether oxygens (including phenoxy) is 1. The summed E-state index contributed by atoms with van der Waals surface area (Å²) in [6.07, 6.45) is 0. The molecule has 156 valence electrons. The van der Waals surface area contributed by atoms with Gasteiger partial charge in [-0.3, -0.25) is 4.79 Å². The molecule has 30 heavy (non-hydrogen) atoms. The van der Waals surface area contributed by atoms with Gasteiger partial charge in [0.2, 0.25) is 0 Å². The summed E-state index contributed by atoms with van der Waals surface area (Å²) < 4.78 is 5.29. The number of nitrogens with one attached hydrogen (secondary N) is 1. The van der Waals surface area contributed by atoms with E-state index in [0.29, 0.717) is 22.0 Å². The Labute approximate surface area is 181 Å². The molecule has 0 aliphatic heterocycles. The molecule has 0 atom stereocenters. The van der Waals surface area contributed by atoms with Gasteiger partial charge in [-0.15, -0.1) is 11.3 Å². The van der Waals surface area contributed by atoms with Gasteiger partial charge in [-0.2, -0.15) is 0 Å². The van der Waals surface area contributed by atoms with E-state index < -0.39 is 5.97 Å². The van der Waals surface area contributed by atoms with Crippen LogP contribution in [0.15, 0.2) is 47.8 Å². The van der Waals surface area contributed by atoms with Gasteiger partial charge in [0.1, 0.15) is 10.6 Å². The Morgan fingerprint density at radius 3 is 2.33 bits per heavy atom. The van der Waals surface area contributed by atoms with E-state index in [1.54, 1.807) is 13.0 Å². The minimum atomic E-state index is -0.433. The minimum Gasteiger partial charge on any atom is -0.462 e. The summed E-state index contributed by atoms with van der Waals surface area (Å²) in [5.41, 5.74) is 6.05. The average molecular weight is 422 g/mol.